The third-order valence-corrected chi connectivity index (χ3v) is 1.54. The van der Waals surface area contributed by atoms with Crippen LogP contribution < -0.4 is 0 Å². The molecule has 0 spiro atoms. The van der Waals surface area contributed by atoms with Gasteiger partial charge >= 0.3 is 5.69 Å². The first-order valence-electron chi connectivity index (χ1n) is 3.74. The summed E-state index contributed by atoms with van der Waals surface area (Å²) in [5, 5.41) is 14.2. The molecule has 2 aromatic rings. The summed E-state index contributed by atoms with van der Waals surface area (Å²) in [4.78, 5) is 17.3. The van der Waals surface area contributed by atoms with Crippen LogP contribution >= 0.6 is 0 Å². The van der Waals surface area contributed by atoms with Gasteiger partial charge in [-0.1, -0.05) is 0 Å². The molecule has 0 aliphatic carbocycles. The van der Waals surface area contributed by atoms with Gasteiger partial charge < -0.3 is 0 Å². The van der Waals surface area contributed by atoms with Crippen molar-refractivity contribution in [2.75, 3.05) is 0 Å². The van der Waals surface area contributed by atoms with Crippen LogP contribution in [0.25, 0.3) is 5.95 Å². The number of nitro groups is 1. The van der Waals surface area contributed by atoms with Crippen molar-refractivity contribution in [2.45, 2.75) is 0 Å². The molecule has 0 aromatic carbocycles. The van der Waals surface area contributed by atoms with Gasteiger partial charge in [0.15, 0.2) is 0 Å². The van der Waals surface area contributed by atoms with Gasteiger partial charge in [-0.25, -0.2) is 14.6 Å². The Hall–Kier alpha value is -2.31. The van der Waals surface area contributed by atoms with Crippen LogP contribution in [0.2, 0.25) is 0 Å². The Kier molecular flexibility index (Phi) is 1.90. The molecule has 0 amide bonds. The second-order valence-electron chi connectivity index (χ2n) is 2.45. The average molecular weight is 191 g/mol. The first-order valence-corrected chi connectivity index (χ1v) is 3.74. The zero-order valence-corrected chi connectivity index (χ0v) is 6.94. The van der Waals surface area contributed by atoms with E-state index in [9.17, 15) is 10.1 Å². The van der Waals surface area contributed by atoms with Gasteiger partial charge in [-0.05, 0) is 6.07 Å². The Balaban J connectivity index is 2.36. The fourth-order valence-electron chi connectivity index (χ4n) is 0.914. The maximum atomic E-state index is 10.3. The topological polar surface area (TPSA) is 86.7 Å². The summed E-state index contributed by atoms with van der Waals surface area (Å²) in [7, 11) is 0. The highest BCUT2D eigenvalue weighted by atomic mass is 16.6. The smallest absolute Gasteiger partial charge is 0.258 e. The molecule has 0 saturated carbocycles. The summed E-state index contributed by atoms with van der Waals surface area (Å²) in [6.45, 7) is 0. The van der Waals surface area contributed by atoms with Crippen LogP contribution in [-0.2, 0) is 0 Å². The summed E-state index contributed by atoms with van der Waals surface area (Å²) in [6, 6.07) is 1.71. The van der Waals surface area contributed by atoms with Gasteiger partial charge in [0, 0.05) is 12.4 Å². The van der Waals surface area contributed by atoms with Crippen molar-refractivity contribution in [2.24, 2.45) is 0 Å². The summed E-state index contributed by atoms with van der Waals surface area (Å²) in [5.41, 5.74) is -0.138. The minimum atomic E-state index is -0.549. The van der Waals surface area contributed by atoms with Gasteiger partial charge in [0.1, 0.15) is 12.4 Å². The predicted octanol–water partition coefficient (Wildman–Crippen LogP) is 0.570. The largest absolute Gasteiger partial charge is 0.305 e. The molecule has 0 fully saturated rings. The Bertz CT molecular complexity index is 436. The molecule has 0 radical (unpaired) electrons. The van der Waals surface area contributed by atoms with Gasteiger partial charge in [0.25, 0.3) is 5.95 Å². The fraction of sp³-hybridized carbons (Fsp3) is 0. The highest BCUT2D eigenvalue weighted by Crippen LogP contribution is 2.07. The number of aromatic nitrogens is 4. The SMILES string of the molecule is O=[N+]([O-])c1cnc(-n2cccn2)nc1. The van der Waals surface area contributed by atoms with Gasteiger partial charge in [-0.2, -0.15) is 5.10 Å². The number of hydrogen-bond acceptors (Lipinski definition) is 5. The lowest BCUT2D eigenvalue weighted by molar-refractivity contribution is -0.385. The molecule has 2 aromatic heterocycles. The molecule has 0 bridgehead atoms. The van der Waals surface area contributed by atoms with E-state index < -0.39 is 4.92 Å². The lowest BCUT2D eigenvalue weighted by Crippen LogP contribution is -2.01. The quantitative estimate of drug-likeness (QED) is 0.511. The second-order valence-corrected chi connectivity index (χ2v) is 2.45. The van der Waals surface area contributed by atoms with Gasteiger partial charge in [0.2, 0.25) is 0 Å². The van der Waals surface area contributed by atoms with E-state index in [0.717, 1.165) is 12.4 Å². The third kappa shape index (κ3) is 1.42. The highest BCUT2D eigenvalue weighted by molar-refractivity contribution is 5.24. The number of hydrogen-bond donors (Lipinski definition) is 0. The van der Waals surface area contributed by atoms with Gasteiger partial charge in [0.05, 0.1) is 4.92 Å². The molecular formula is C7H5N5O2. The molecule has 14 heavy (non-hydrogen) atoms. The third-order valence-electron chi connectivity index (χ3n) is 1.54. The second kappa shape index (κ2) is 3.21. The van der Waals surface area contributed by atoms with Crippen molar-refractivity contribution >= 4 is 5.69 Å². The van der Waals surface area contributed by atoms with Crippen molar-refractivity contribution in [1.82, 2.24) is 19.7 Å². The summed E-state index contributed by atoms with van der Waals surface area (Å²) in [5.74, 6) is 0.306. The van der Waals surface area contributed by atoms with Crippen molar-refractivity contribution < 1.29 is 4.92 Å². The van der Waals surface area contributed by atoms with Crippen LogP contribution in [0, 0.1) is 10.1 Å². The minimum Gasteiger partial charge on any atom is -0.258 e. The average Bonchev–Trinajstić information content (AvgIpc) is 2.71. The van der Waals surface area contributed by atoms with Crippen molar-refractivity contribution in [1.29, 1.82) is 0 Å². The van der Waals surface area contributed by atoms with Crippen LogP contribution in [0.5, 0.6) is 0 Å². The van der Waals surface area contributed by atoms with Crippen LogP contribution in [0.1, 0.15) is 0 Å². The molecule has 0 saturated heterocycles. The number of nitrogens with zero attached hydrogens (tertiary/aromatic N) is 5. The molecule has 7 heteroatoms. The predicted molar refractivity (Wildman–Crippen MR) is 45.8 cm³/mol. The molecule has 0 N–H and O–H groups in total. The van der Waals surface area contributed by atoms with Crippen molar-refractivity contribution in [3.8, 4) is 5.95 Å². The first-order chi connectivity index (χ1) is 6.77. The zero-order valence-electron chi connectivity index (χ0n) is 6.94. The van der Waals surface area contributed by atoms with E-state index in [-0.39, 0.29) is 5.69 Å². The Labute approximate surface area is 78.2 Å². The Morgan fingerprint density at radius 2 is 2.07 bits per heavy atom. The van der Waals surface area contributed by atoms with Crippen LogP contribution in [0.15, 0.2) is 30.9 Å². The standard InChI is InChI=1S/C7H5N5O2/c13-12(14)6-4-8-7(9-5-6)11-3-1-2-10-11/h1-5H. The van der Waals surface area contributed by atoms with Crippen LogP contribution in [0.4, 0.5) is 5.69 Å². The van der Waals surface area contributed by atoms with E-state index in [1.54, 1.807) is 18.5 Å². The first kappa shape index (κ1) is 8.30. The summed E-state index contributed by atoms with van der Waals surface area (Å²) < 4.78 is 1.42. The minimum absolute atomic E-state index is 0.138. The molecule has 0 unspecified atom stereocenters. The monoisotopic (exact) mass is 191 g/mol. The maximum Gasteiger partial charge on any atom is 0.305 e. The molecule has 0 atom stereocenters. The Morgan fingerprint density at radius 1 is 1.36 bits per heavy atom. The van der Waals surface area contributed by atoms with E-state index in [4.69, 9.17) is 0 Å². The van der Waals surface area contributed by atoms with Crippen LogP contribution in [0.3, 0.4) is 0 Å². The maximum absolute atomic E-state index is 10.3. The summed E-state index contributed by atoms with van der Waals surface area (Å²) in [6.07, 6.45) is 5.51. The molecule has 0 aliphatic rings. The lowest BCUT2D eigenvalue weighted by atomic mass is 10.5. The van der Waals surface area contributed by atoms with E-state index in [1.807, 2.05) is 0 Å². The Morgan fingerprint density at radius 3 is 2.57 bits per heavy atom. The van der Waals surface area contributed by atoms with E-state index in [0.29, 0.717) is 5.95 Å². The van der Waals surface area contributed by atoms with Crippen molar-refractivity contribution in [3.63, 3.8) is 0 Å². The fourth-order valence-corrected chi connectivity index (χ4v) is 0.914. The normalized spacial score (nSPS) is 10.0. The lowest BCUT2D eigenvalue weighted by Gasteiger charge is -1.96. The molecular weight excluding hydrogens is 186 g/mol. The number of rotatable bonds is 2. The molecule has 70 valence electrons. The van der Waals surface area contributed by atoms with E-state index in [1.165, 1.54) is 4.68 Å². The zero-order chi connectivity index (χ0) is 9.97. The van der Waals surface area contributed by atoms with E-state index >= 15 is 0 Å². The molecule has 0 aliphatic heterocycles. The molecule has 2 rings (SSSR count). The van der Waals surface area contributed by atoms with Crippen LogP contribution in [-0.4, -0.2) is 24.7 Å². The van der Waals surface area contributed by atoms with E-state index in [2.05, 4.69) is 15.1 Å². The molecule has 7 nitrogen and oxygen atoms in total. The molecule has 2 heterocycles. The van der Waals surface area contributed by atoms with Gasteiger partial charge in [-0.15, -0.1) is 0 Å². The van der Waals surface area contributed by atoms with Crippen molar-refractivity contribution in [3.05, 3.63) is 41.0 Å². The summed E-state index contributed by atoms with van der Waals surface area (Å²) >= 11 is 0. The van der Waals surface area contributed by atoms with Gasteiger partial charge in [-0.3, -0.25) is 10.1 Å². The highest BCUT2D eigenvalue weighted by Gasteiger charge is 2.07.